The van der Waals surface area contributed by atoms with Gasteiger partial charge in [-0.15, -0.1) is 0 Å². The van der Waals surface area contributed by atoms with Crippen LogP contribution in [0.15, 0.2) is 83.7 Å². The molecule has 1 aliphatic heterocycles. The monoisotopic (exact) mass is 529 g/mol. The average molecular weight is 530 g/mol. The van der Waals surface area contributed by atoms with Crippen molar-refractivity contribution in [1.29, 1.82) is 0 Å². The van der Waals surface area contributed by atoms with Gasteiger partial charge in [0.25, 0.3) is 5.91 Å². The van der Waals surface area contributed by atoms with E-state index >= 15 is 0 Å². The molecule has 5 rings (SSSR count). The van der Waals surface area contributed by atoms with Crippen molar-refractivity contribution in [2.24, 2.45) is 4.99 Å². The molecule has 1 aliphatic rings. The van der Waals surface area contributed by atoms with Gasteiger partial charge in [0.2, 0.25) is 11.7 Å². The lowest BCUT2D eigenvalue weighted by atomic mass is 10.1. The molecule has 1 aromatic heterocycles. The number of halogens is 1. The van der Waals surface area contributed by atoms with Crippen LogP contribution in [-0.4, -0.2) is 40.1 Å². The van der Waals surface area contributed by atoms with Gasteiger partial charge < -0.3 is 19.5 Å². The quantitative estimate of drug-likeness (QED) is 0.251. The Kier molecular flexibility index (Phi) is 7.14. The van der Waals surface area contributed by atoms with E-state index < -0.39 is 11.9 Å². The van der Waals surface area contributed by atoms with Gasteiger partial charge in [-0.3, -0.25) is 9.89 Å². The van der Waals surface area contributed by atoms with Crippen molar-refractivity contribution < 1.29 is 23.8 Å². The zero-order valence-corrected chi connectivity index (χ0v) is 20.7. The normalized spacial score (nSPS) is 13.7. The van der Waals surface area contributed by atoms with E-state index in [9.17, 15) is 9.59 Å². The van der Waals surface area contributed by atoms with Crippen LogP contribution in [0.1, 0.15) is 27.3 Å². The summed E-state index contributed by atoms with van der Waals surface area (Å²) in [6, 6.07) is 19.4. The van der Waals surface area contributed by atoms with Crippen LogP contribution in [0.4, 0.5) is 5.69 Å². The van der Waals surface area contributed by atoms with E-state index in [2.05, 4.69) is 25.5 Å². The molecule has 0 spiro atoms. The lowest BCUT2D eigenvalue weighted by molar-refractivity contribution is -0.129. The molecule has 190 valence electrons. The molecule has 11 heteroatoms. The Bertz CT molecular complexity index is 1550. The van der Waals surface area contributed by atoms with Gasteiger partial charge in [0.15, 0.2) is 17.2 Å². The lowest BCUT2D eigenvalue weighted by Gasteiger charge is -2.12. The number of nitrogens with one attached hydrogen (secondary N) is 2. The summed E-state index contributed by atoms with van der Waals surface area (Å²) in [5.41, 5.74) is 2.76. The van der Waals surface area contributed by atoms with Crippen LogP contribution in [0.3, 0.4) is 0 Å². The van der Waals surface area contributed by atoms with E-state index in [1.54, 1.807) is 54.6 Å². The van der Waals surface area contributed by atoms with E-state index in [0.717, 1.165) is 5.56 Å². The van der Waals surface area contributed by atoms with Crippen molar-refractivity contribution in [2.45, 2.75) is 6.61 Å². The number of anilines is 1. The molecule has 0 bridgehead atoms. The largest absolute Gasteiger partial charge is 0.493 e. The van der Waals surface area contributed by atoms with E-state index in [4.69, 9.17) is 25.8 Å². The molecule has 0 aliphatic carbocycles. The Morgan fingerprint density at radius 1 is 1.11 bits per heavy atom. The maximum absolute atomic E-state index is 12.5. The first kappa shape index (κ1) is 24.7. The number of benzene rings is 3. The number of aromatic nitrogens is 3. The van der Waals surface area contributed by atoms with Gasteiger partial charge in [-0.25, -0.2) is 14.8 Å². The second-order valence-electron chi connectivity index (χ2n) is 7.99. The minimum atomic E-state index is -0.583. The standard InChI is InChI=1S/C27H20ClN5O5/c1-36-23-13-16(6-11-22(23)37-14-18-4-2-3-5-20(18)28)12-21-27(35)38-26(32-21)17-7-9-19(10-8-17)31-25(34)24-29-15-30-33-24/h2-13,15H,14H2,1H3,(H,31,34)(H,29,30,33)/b21-12-. The van der Waals surface area contributed by atoms with Gasteiger partial charge in [-0.2, -0.15) is 5.10 Å². The van der Waals surface area contributed by atoms with E-state index in [1.165, 1.54) is 13.4 Å². The van der Waals surface area contributed by atoms with Crippen LogP contribution < -0.4 is 14.8 Å². The molecule has 38 heavy (non-hydrogen) atoms. The number of hydrogen-bond donors (Lipinski definition) is 2. The van der Waals surface area contributed by atoms with Gasteiger partial charge in [0, 0.05) is 21.8 Å². The predicted molar refractivity (Wildman–Crippen MR) is 140 cm³/mol. The van der Waals surface area contributed by atoms with Crippen molar-refractivity contribution in [3.8, 4) is 11.5 Å². The molecular weight excluding hydrogens is 510 g/mol. The summed E-state index contributed by atoms with van der Waals surface area (Å²) >= 11 is 6.20. The van der Waals surface area contributed by atoms with Gasteiger partial charge in [0.05, 0.1) is 7.11 Å². The minimum absolute atomic E-state index is 0.0924. The number of amides is 1. The highest BCUT2D eigenvalue weighted by molar-refractivity contribution is 6.31. The van der Waals surface area contributed by atoms with Crippen molar-refractivity contribution in [2.75, 3.05) is 12.4 Å². The summed E-state index contributed by atoms with van der Waals surface area (Å²) in [4.78, 5) is 32.7. The molecule has 4 aromatic rings. The molecule has 0 atom stereocenters. The average Bonchev–Trinajstić information content (AvgIpc) is 3.60. The number of H-pyrrole nitrogens is 1. The summed E-state index contributed by atoms with van der Waals surface area (Å²) < 4.78 is 16.7. The fourth-order valence-electron chi connectivity index (χ4n) is 3.56. The fourth-order valence-corrected chi connectivity index (χ4v) is 3.75. The Morgan fingerprint density at radius 3 is 2.66 bits per heavy atom. The van der Waals surface area contributed by atoms with Crippen LogP contribution in [0, 0.1) is 0 Å². The summed E-state index contributed by atoms with van der Waals surface area (Å²) in [6.07, 6.45) is 2.85. The van der Waals surface area contributed by atoms with Crippen LogP contribution >= 0.6 is 11.6 Å². The first-order chi connectivity index (χ1) is 18.5. The van der Waals surface area contributed by atoms with Crippen LogP contribution in [0.5, 0.6) is 11.5 Å². The van der Waals surface area contributed by atoms with E-state index in [-0.39, 0.29) is 24.0 Å². The van der Waals surface area contributed by atoms with Crippen molar-refractivity contribution in [3.05, 3.63) is 106 Å². The molecular formula is C27H20ClN5O5. The zero-order chi connectivity index (χ0) is 26.5. The van der Waals surface area contributed by atoms with Gasteiger partial charge in [-0.05, 0) is 54.1 Å². The third-order valence-electron chi connectivity index (χ3n) is 5.47. The maximum atomic E-state index is 12.5. The highest BCUT2D eigenvalue weighted by Gasteiger charge is 2.24. The highest BCUT2D eigenvalue weighted by Crippen LogP contribution is 2.31. The molecule has 0 radical (unpaired) electrons. The molecule has 0 unspecified atom stereocenters. The number of aliphatic imine (C=N–C) groups is 1. The maximum Gasteiger partial charge on any atom is 0.363 e. The van der Waals surface area contributed by atoms with E-state index in [1.807, 2.05) is 18.2 Å². The Balaban J connectivity index is 1.29. The van der Waals surface area contributed by atoms with Crippen molar-refractivity contribution in [1.82, 2.24) is 15.2 Å². The molecule has 0 saturated heterocycles. The number of esters is 1. The van der Waals surface area contributed by atoms with Crippen molar-refractivity contribution >= 4 is 41.1 Å². The highest BCUT2D eigenvalue weighted by atomic mass is 35.5. The third-order valence-corrected chi connectivity index (χ3v) is 5.84. The number of cyclic esters (lactones) is 1. The lowest BCUT2D eigenvalue weighted by Crippen LogP contribution is -2.14. The molecule has 1 amide bonds. The molecule has 2 heterocycles. The number of carbonyl (C=O) groups is 2. The summed E-state index contributed by atoms with van der Waals surface area (Å²) in [5, 5.41) is 9.45. The first-order valence-corrected chi connectivity index (χ1v) is 11.7. The van der Waals surface area contributed by atoms with Gasteiger partial charge in [0.1, 0.15) is 12.9 Å². The topological polar surface area (TPSA) is 128 Å². The number of ether oxygens (including phenoxy) is 3. The Labute approximate surface area is 221 Å². The molecule has 2 N–H and O–H groups in total. The third kappa shape index (κ3) is 5.55. The number of aromatic amines is 1. The smallest absolute Gasteiger partial charge is 0.363 e. The molecule has 0 saturated carbocycles. The van der Waals surface area contributed by atoms with Crippen molar-refractivity contribution in [3.63, 3.8) is 0 Å². The Hall–Kier alpha value is -4.96. The van der Waals surface area contributed by atoms with Gasteiger partial charge >= 0.3 is 5.97 Å². The minimum Gasteiger partial charge on any atom is -0.493 e. The van der Waals surface area contributed by atoms with E-state index in [0.29, 0.717) is 33.3 Å². The number of methoxy groups -OCH3 is 1. The predicted octanol–water partition coefficient (Wildman–Crippen LogP) is 4.64. The molecule has 3 aromatic carbocycles. The number of rotatable bonds is 8. The fraction of sp³-hybridized carbons (Fsp3) is 0.0741. The summed E-state index contributed by atoms with van der Waals surface area (Å²) in [5.74, 6) is 0.255. The number of carbonyl (C=O) groups excluding carboxylic acids is 2. The molecule has 10 nitrogen and oxygen atoms in total. The first-order valence-electron chi connectivity index (χ1n) is 11.3. The Morgan fingerprint density at radius 2 is 1.92 bits per heavy atom. The molecule has 0 fully saturated rings. The zero-order valence-electron chi connectivity index (χ0n) is 20.0. The van der Waals surface area contributed by atoms with Crippen LogP contribution in [0.25, 0.3) is 6.08 Å². The van der Waals surface area contributed by atoms with Crippen LogP contribution in [0.2, 0.25) is 5.02 Å². The number of hydrogen-bond acceptors (Lipinski definition) is 8. The summed E-state index contributed by atoms with van der Waals surface area (Å²) in [7, 11) is 1.53. The second-order valence-corrected chi connectivity index (χ2v) is 8.40. The van der Waals surface area contributed by atoms with Crippen LogP contribution in [-0.2, 0) is 16.1 Å². The summed E-state index contributed by atoms with van der Waals surface area (Å²) in [6.45, 7) is 0.277. The number of nitrogens with zero attached hydrogens (tertiary/aromatic N) is 3. The SMILES string of the molecule is COc1cc(/C=C2\N=C(c3ccc(NC(=O)c4ncn[nH]4)cc3)OC2=O)ccc1OCc1ccccc1Cl. The second kappa shape index (κ2) is 11.0. The van der Waals surface area contributed by atoms with Gasteiger partial charge in [-0.1, -0.05) is 35.9 Å².